The number of carboxylic acid groups (broad SMARTS) is 1. The Hall–Kier alpha value is -2.96. The molecule has 1 heterocycles. The summed E-state index contributed by atoms with van der Waals surface area (Å²) in [7, 11) is 0. The number of hydrogen-bond donors (Lipinski definition) is 1. The molecule has 0 aliphatic heterocycles. The third kappa shape index (κ3) is 4.26. The first kappa shape index (κ1) is 16.4. The molecular formula is C16H17N3O4. The summed E-state index contributed by atoms with van der Waals surface area (Å²) in [5.41, 5.74) is 0.597. The van der Waals surface area contributed by atoms with Crippen LogP contribution in [0.2, 0.25) is 0 Å². The molecule has 1 N–H and O–H groups in total. The highest BCUT2D eigenvalue weighted by Gasteiger charge is 2.19. The van der Waals surface area contributed by atoms with Gasteiger partial charge in [-0.05, 0) is 18.6 Å². The van der Waals surface area contributed by atoms with Gasteiger partial charge in [-0.2, -0.15) is 5.10 Å². The molecule has 7 nitrogen and oxygen atoms in total. The topological polar surface area (TPSA) is 92.5 Å². The lowest BCUT2D eigenvalue weighted by atomic mass is 10.2. The van der Waals surface area contributed by atoms with Gasteiger partial charge in [0, 0.05) is 12.6 Å². The molecule has 1 aromatic carbocycles. The van der Waals surface area contributed by atoms with Gasteiger partial charge < -0.3 is 10.0 Å². The quantitative estimate of drug-likeness (QED) is 0.852. The number of carboxylic acids is 1. The second kappa shape index (κ2) is 7.35. The van der Waals surface area contributed by atoms with Gasteiger partial charge in [0.05, 0.1) is 6.54 Å². The lowest BCUT2D eigenvalue weighted by Crippen LogP contribution is -2.37. The number of aromatic nitrogens is 2. The summed E-state index contributed by atoms with van der Waals surface area (Å²) in [4.78, 5) is 36.2. The fourth-order valence-electron chi connectivity index (χ4n) is 2.09. The van der Waals surface area contributed by atoms with E-state index in [0.717, 1.165) is 10.5 Å². The standard InChI is InChI=1S/C16H17N3O4/c1-2-18(11-15(21)22)16(23)13-8-9-14(20)19(17-13)10-12-6-4-3-5-7-12/h3-9H,2,10-11H2,1H3,(H,21,22). The van der Waals surface area contributed by atoms with Crippen molar-refractivity contribution in [3.63, 3.8) is 0 Å². The molecule has 0 atom stereocenters. The monoisotopic (exact) mass is 315 g/mol. The fraction of sp³-hybridized carbons (Fsp3) is 0.250. The molecule has 23 heavy (non-hydrogen) atoms. The molecule has 2 aromatic rings. The average molecular weight is 315 g/mol. The molecule has 0 unspecified atom stereocenters. The van der Waals surface area contributed by atoms with E-state index in [-0.39, 0.29) is 24.3 Å². The molecule has 0 bridgehead atoms. The number of benzene rings is 1. The van der Waals surface area contributed by atoms with Crippen LogP contribution in [0.5, 0.6) is 0 Å². The number of carbonyl (C=O) groups is 2. The largest absolute Gasteiger partial charge is 0.480 e. The van der Waals surface area contributed by atoms with Gasteiger partial charge in [-0.3, -0.25) is 14.4 Å². The number of aliphatic carboxylic acids is 1. The van der Waals surface area contributed by atoms with E-state index in [4.69, 9.17) is 5.11 Å². The van der Waals surface area contributed by atoms with Crippen molar-refractivity contribution in [1.29, 1.82) is 0 Å². The number of rotatable bonds is 6. The van der Waals surface area contributed by atoms with E-state index < -0.39 is 18.4 Å². The number of amides is 1. The van der Waals surface area contributed by atoms with Crippen molar-refractivity contribution in [3.8, 4) is 0 Å². The van der Waals surface area contributed by atoms with Crippen LogP contribution in [0.1, 0.15) is 23.0 Å². The second-order valence-electron chi connectivity index (χ2n) is 4.91. The predicted octanol–water partition coefficient (Wildman–Crippen LogP) is 0.838. The molecule has 0 saturated carbocycles. The van der Waals surface area contributed by atoms with Crippen LogP contribution in [0.4, 0.5) is 0 Å². The Balaban J connectivity index is 2.27. The zero-order valence-corrected chi connectivity index (χ0v) is 12.7. The van der Waals surface area contributed by atoms with Gasteiger partial charge in [0.1, 0.15) is 12.2 Å². The molecule has 120 valence electrons. The summed E-state index contributed by atoms with van der Waals surface area (Å²) < 4.78 is 1.19. The van der Waals surface area contributed by atoms with Crippen molar-refractivity contribution in [2.75, 3.05) is 13.1 Å². The van der Waals surface area contributed by atoms with Crippen LogP contribution in [-0.2, 0) is 11.3 Å². The lowest BCUT2D eigenvalue weighted by Gasteiger charge is -2.18. The maximum atomic E-state index is 12.3. The molecule has 1 aromatic heterocycles. The Bertz CT molecular complexity index is 755. The SMILES string of the molecule is CCN(CC(=O)O)C(=O)c1ccc(=O)n(Cc2ccccc2)n1. The summed E-state index contributed by atoms with van der Waals surface area (Å²) in [6.45, 7) is 1.76. The van der Waals surface area contributed by atoms with Crippen LogP contribution in [0, 0.1) is 0 Å². The minimum absolute atomic E-state index is 0.0450. The summed E-state index contributed by atoms with van der Waals surface area (Å²) in [5, 5.41) is 12.9. The predicted molar refractivity (Wildman–Crippen MR) is 83.3 cm³/mol. The van der Waals surface area contributed by atoms with E-state index in [1.807, 2.05) is 30.3 Å². The van der Waals surface area contributed by atoms with Gasteiger partial charge in [-0.15, -0.1) is 0 Å². The summed E-state index contributed by atoms with van der Waals surface area (Å²) >= 11 is 0. The van der Waals surface area contributed by atoms with E-state index in [2.05, 4.69) is 5.10 Å². The third-order valence-electron chi connectivity index (χ3n) is 3.26. The van der Waals surface area contributed by atoms with E-state index in [0.29, 0.717) is 0 Å². The zero-order valence-electron chi connectivity index (χ0n) is 12.7. The van der Waals surface area contributed by atoms with Crippen molar-refractivity contribution < 1.29 is 14.7 Å². The minimum Gasteiger partial charge on any atom is -0.480 e. The van der Waals surface area contributed by atoms with E-state index in [1.165, 1.54) is 16.8 Å². The maximum absolute atomic E-state index is 12.3. The molecule has 1 amide bonds. The molecule has 0 radical (unpaired) electrons. The molecule has 0 aliphatic carbocycles. The van der Waals surface area contributed by atoms with Crippen molar-refractivity contribution in [2.24, 2.45) is 0 Å². The van der Waals surface area contributed by atoms with Crippen molar-refractivity contribution in [3.05, 3.63) is 64.1 Å². The molecular weight excluding hydrogens is 298 g/mol. The minimum atomic E-state index is -1.10. The average Bonchev–Trinajstić information content (AvgIpc) is 2.55. The highest BCUT2D eigenvalue weighted by Crippen LogP contribution is 2.03. The van der Waals surface area contributed by atoms with Gasteiger partial charge in [-0.1, -0.05) is 30.3 Å². The Morgan fingerprint density at radius 2 is 1.87 bits per heavy atom. The molecule has 0 aliphatic rings. The van der Waals surface area contributed by atoms with Crippen molar-refractivity contribution in [2.45, 2.75) is 13.5 Å². The second-order valence-corrected chi connectivity index (χ2v) is 4.91. The normalized spacial score (nSPS) is 10.3. The Labute approximate surface area is 132 Å². The van der Waals surface area contributed by atoms with Crippen LogP contribution in [-0.4, -0.2) is 44.8 Å². The number of hydrogen-bond acceptors (Lipinski definition) is 4. The van der Waals surface area contributed by atoms with Crippen molar-refractivity contribution in [1.82, 2.24) is 14.7 Å². The molecule has 7 heteroatoms. The molecule has 0 spiro atoms. The summed E-state index contributed by atoms with van der Waals surface area (Å²) in [6, 6.07) is 11.8. The van der Waals surface area contributed by atoms with Crippen LogP contribution in [0.15, 0.2) is 47.3 Å². The lowest BCUT2D eigenvalue weighted by molar-refractivity contribution is -0.137. The number of nitrogens with zero attached hydrogens (tertiary/aromatic N) is 3. The Morgan fingerprint density at radius 1 is 1.17 bits per heavy atom. The number of carbonyl (C=O) groups excluding carboxylic acids is 1. The van der Waals surface area contributed by atoms with Crippen LogP contribution < -0.4 is 5.56 Å². The van der Waals surface area contributed by atoms with E-state index >= 15 is 0 Å². The first-order valence-corrected chi connectivity index (χ1v) is 7.14. The zero-order chi connectivity index (χ0) is 16.8. The highest BCUT2D eigenvalue weighted by atomic mass is 16.4. The summed E-state index contributed by atoms with van der Waals surface area (Å²) in [6.07, 6.45) is 0. The van der Waals surface area contributed by atoms with Gasteiger partial charge in [0.15, 0.2) is 0 Å². The van der Waals surface area contributed by atoms with Gasteiger partial charge in [0.25, 0.3) is 11.5 Å². The van der Waals surface area contributed by atoms with Crippen LogP contribution in [0.25, 0.3) is 0 Å². The number of likely N-dealkylation sites (N-methyl/N-ethyl adjacent to an activating group) is 1. The maximum Gasteiger partial charge on any atom is 0.323 e. The van der Waals surface area contributed by atoms with Gasteiger partial charge >= 0.3 is 5.97 Å². The van der Waals surface area contributed by atoms with E-state index in [9.17, 15) is 14.4 Å². The first-order chi connectivity index (χ1) is 11.0. The Morgan fingerprint density at radius 3 is 2.48 bits per heavy atom. The van der Waals surface area contributed by atoms with Crippen molar-refractivity contribution >= 4 is 11.9 Å². The van der Waals surface area contributed by atoms with Crippen LogP contribution in [0.3, 0.4) is 0 Å². The first-order valence-electron chi connectivity index (χ1n) is 7.14. The summed E-state index contributed by atoms with van der Waals surface area (Å²) in [5.74, 6) is -1.62. The van der Waals surface area contributed by atoms with E-state index in [1.54, 1.807) is 6.92 Å². The Kier molecular flexibility index (Phi) is 5.24. The molecule has 0 fully saturated rings. The van der Waals surface area contributed by atoms with Crippen LogP contribution >= 0.6 is 0 Å². The fourth-order valence-corrected chi connectivity index (χ4v) is 2.09. The molecule has 2 rings (SSSR count). The smallest absolute Gasteiger partial charge is 0.323 e. The van der Waals surface area contributed by atoms with Gasteiger partial charge in [0.2, 0.25) is 0 Å². The third-order valence-corrected chi connectivity index (χ3v) is 3.26. The molecule has 0 saturated heterocycles. The van der Waals surface area contributed by atoms with Gasteiger partial charge in [-0.25, -0.2) is 4.68 Å². The highest BCUT2D eigenvalue weighted by molar-refractivity contribution is 5.93.